The van der Waals surface area contributed by atoms with Gasteiger partial charge in [0.15, 0.2) is 0 Å². The minimum Gasteiger partial charge on any atom is -0.480 e. The van der Waals surface area contributed by atoms with Crippen LogP contribution in [0.5, 0.6) is 5.88 Å². The Labute approximate surface area is 233 Å². The number of nitrogens with zero attached hydrogens (tertiary/aromatic N) is 3. The second kappa shape index (κ2) is 10.7. The number of aromatic nitrogens is 2. The van der Waals surface area contributed by atoms with Crippen LogP contribution in [0, 0.1) is 5.41 Å². The highest BCUT2D eigenvalue weighted by Crippen LogP contribution is 2.44. The van der Waals surface area contributed by atoms with E-state index >= 15 is 0 Å². The van der Waals surface area contributed by atoms with Gasteiger partial charge in [-0.2, -0.15) is 23.1 Å². The van der Waals surface area contributed by atoms with Crippen LogP contribution in [0.25, 0.3) is 11.1 Å². The molecule has 2 atom stereocenters. The number of benzene rings is 2. The van der Waals surface area contributed by atoms with Crippen molar-refractivity contribution in [2.24, 2.45) is 5.41 Å². The van der Waals surface area contributed by atoms with Crippen LogP contribution >= 0.6 is 11.6 Å². The molecule has 40 heavy (non-hydrogen) atoms. The van der Waals surface area contributed by atoms with Crippen molar-refractivity contribution in [1.82, 2.24) is 15.3 Å². The number of nitrogens with two attached hydrogens (primary N) is 2. The summed E-state index contributed by atoms with van der Waals surface area (Å²) < 4.78 is 48.9. The molecule has 0 saturated carbocycles. The van der Waals surface area contributed by atoms with Crippen LogP contribution in [0.3, 0.4) is 0 Å². The molecule has 6 N–H and O–H groups in total. The van der Waals surface area contributed by atoms with Gasteiger partial charge in [0.2, 0.25) is 17.9 Å². The summed E-state index contributed by atoms with van der Waals surface area (Å²) in [5.41, 5.74) is 12.5. The number of halogens is 4. The second-order valence-corrected chi connectivity index (χ2v) is 10.7. The molecule has 2 saturated heterocycles. The van der Waals surface area contributed by atoms with Crippen LogP contribution < -0.4 is 26.4 Å². The van der Waals surface area contributed by atoms with Crippen molar-refractivity contribution in [3.8, 4) is 17.0 Å². The Morgan fingerprint density at radius 2 is 1.85 bits per heavy atom. The number of para-hydroxylation sites is 1. The maximum Gasteiger partial charge on any atom is 0.429 e. The van der Waals surface area contributed by atoms with Crippen molar-refractivity contribution >= 4 is 35.0 Å². The number of piperidine rings is 1. The normalized spacial score (nSPS) is 19.5. The number of hydrogen-bond acceptors (Lipinski definition) is 8. The molecule has 0 aliphatic carbocycles. The third-order valence-electron chi connectivity index (χ3n) is 7.60. The lowest BCUT2D eigenvalue weighted by molar-refractivity contribution is -0.198. The fraction of sp³-hybridized carbons (Fsp3) is 0.370. The van der Waals surface area contributed by atoms with E-state index in [2.05, 4.69) is 15.3 Å². The predicted octanol–water partition coefficient (Wildman–Crippen LogP) is 4.68. The highest BCUT2D eigenvalue weighted by molar-refractivity contribution is 6.31. The average Bonchev–Trinajstić information content (AvgIpc) is 3.31. The van der Waals surface area contributed by atoms with Crippen LogP contribution in [-0.4, -0.2) is 52.9 Å². The van der Waals surface area contributed by atoms with Crippen LogP contribution in [-0.2, 0) is 4.79 Å². The van der Waals surface area contributed by atoms with E-state index in [1.165, 1.54) is 24.3 Å². The van der Waals surface area contributed by atoms with Gasteiger partial charge in [0.1, 0.15) is 11.9 Å². The van der Waals surface area contributed by atoms with Crippen LogP contribution in [0.15, 0.2) is 48.5 Å². The number of nitrogens with one attached hydrogen (secondary N) is 1. The number of carboxylic acids is 1. The zero-order chi connectivity index (χ0) is 28.7. The molecule has 3 aromatic rings. The summed E-state index contributed by atoms with van der Waals surface area (Å²) in [6.07, 6.45) is -5.30. The van der Waals surface area contributed by atoms with E-state index in [1.54, 1.807) is 24.3 Å². The number of ether oxygens (including phenoxy) is 1. The molecule has 2 aliphatic heterocycles. The monoisotopic (exact) mass is 576 g/mol. The number of rotatable bonds is 6. The van der Waals surface area contributed by atoms with Crippen LogP contribution in [0.2, 0.25) is 5.02 Å². The molecular formula is C27H28ClF3N6O3. The summed E-state index contributed by atoms with van der Waals surface area (Å²) in [7, 11) is 0. The largest absolute Gasteiger partial charge is 0.480 e. The Morgan fingerprint density at radius 3 is 2.50 bits per heavy atom. The van der Waals surface area contributed by atoms with Crippen molar-refractivity contribution in [2.75, 3.05) is 36.0 Å². The first kappa shape index (κ1) is 27.8. The summed E-state index contributed by atoms with van der Waals surface area (Å²) >= 11 is 6.16. The van der Waals surface area contributed by atoms with E-state index in [1.807, 2.05) is 4.90 Å². The number of aliphatic carboxylic acids is 1. The van der Waals surface area contributed by atoms with E-state index in [9.17, 15) is 23.1 Å². The van der Waals surface area contributed by atoms with Gasteiger partial charge >= 0.3 is 12.1 Å². The summed E-state index contributed by atoms with van der Waals surface area (Å²) in [4.78, 5) is 21.4. The maximum absolute atomic E-state index is 14.5. The van der Waals surface area contributed by atoms with Crippen LogP contribution in [0.1, 0.15) is 30.9 Å². The van der Waals surface area contributed by atoms with E-state index < -0.39 is 24.3 Å². The molecule has 0 radical (unpaired) electrons. The average molecular weight is 577 g/mol. The van der Waals surface area contributed by atoms with Crippen molar-refractivity contribution in [3.63, 3.8) is 0 Å². The van der Waals surface area contributed by atoms with Gasteiger partial charge in [-0.25, -0.2) is 0 Å². The minimum absolute atomic E-state index is 0.150. The number of anilines is 3. The lowest BCUT2D eigenvalue weighted by atomic mass is 9.76. The number of carboxylic acid groups (broad SMARTS) is 1. The lowest BCUT2D eigenvalue weighted by Gasteiger charge is -2.39. The Balaban J connectivity index is 1.42. The Kier molecular flexibility index (Phi) is 7.40. The first-order chi connectivity index (χ1) is 18.9. The summed E-state index contributed by atoms with van der Waals surface area (Å²) in [5.74, 6) is -1.10. The molecule has 1 spiro atoms. The van der Waals surface area contributed by atoms with Crippen molar-refractivity contribution in [2.45, 2.75) is 37.6 Å². The first-order valence-electron chi connectivity index (χ1n) is 12.7. The third kappa shape index (κ3) is 5.73. The fourth-order valence-electron chi connectivity index (χ4n) is 5.50. The summed E-state index contributed by atoms with van der Waals surface area (Å²) in [6, 6.07) is 11.4. The Bertz CT molecular complexity index is 1410. The number of alkyl halides is 3. The topological polar surface area (TPSA) is 140 Å². The number of nitrogen functional groups attached to an aromatic ring is 2. The molecule has 1 aromatic heterocycles. The van der Waals surface area contributed by atoms with Gasteiger partial charge in [0, 0.05) is 47.5 Å². The van der Waals surface area contributed by atoms with Gasteiger partial charge in [-0.05, 0) is 48.4 Å². The molecule has 0 amide bonds. The summed E-state index contributed by atoms with van der Waals surface area (Å²) in [5, 5.41) is 12.6. The summed E-state index contributed by atoms with van der Waals surface area (Å²) in [6.45, 7) is 1.66. The molecule has 2 fully saturated rings. The molecule has 13 heteroatoms. The van der Waals surface area contributed by atoms with E-state index in [0.717, 1.165) is 0 Å². The molecule has 2 aliphatic rings. The molecule has 212 valence electrons. The van der Waals surface area contributed by atoms with Gasteiger partial charge in [-0.15, -0.1) is 0 Å². The highest BCUT2D eigenvalue weighted by Gasteiger charge is 2.46. The van der Waals surface area contributed by atoms with Gasteiger partial charge in [-0.1, -0.05) is 35.9 Å². The SMILES string of the molecule is Nc1nc(OC(c2ccc(Cl)cc2-c2ccccc2N)C(F)(F)F)cc(N2CCC3(CC2)CNC(C(=O)O)C3)n1. The molecule has 0 bridgehead atoms. The molecule has 2 aromatic carbocycles. The zero-order valence-corrected chi connectivity index (χ0v) is 22.0. The Morgan fingerprint density at radius 1 is 1.12 bits per heavy atom. The quantitative estimate of drug-likeness (QED) is 0.308. The van der Waals surface area contributed by atoms with Gasteiger partial charge in [-0.3, -0.25) is 4.79 Å². The second-order valence-electron chi connectivity index (χ2n) is 10.2. The van der Waals surface area contributed by atoms with Crippen molar-refractivity contribution in [3.05, 3.63) is 59.1 Å². The van der Waals surface area contributed by atoms with E-state index in [-0.39, 0.29) is 39.1 Å². The van der Waals surface area contributed by atoms with Crippen LogP contribution in [0.4, 0.5) is 30.6 Å². The minimum atomic E-state index is -4.82. The smallest absolute Gasteiger partial charge is 0.429 e. The number of carbonyl (C=O) groups is 1. The van der Waals surface area contributed by atoms with Crippen molar-refractivity contribution in [1.29, 1.82) is 0 Å². The molecular weight excluding hydrogens is 549 g/mol. The number of hydrogen-bond donors (Lipinski definition) is 4. The van der Waals surface area contributed by atoms with Gasteiger partial charge in [0.25, 0.3) is 0 Å². The first-order valence-corrected chi connectivity index (χ1v) is 13.1. The predicted molar refractivity (Wildman–Crippen MR) is 145 cm³/mol. The van der Waals surface area contributed by atoms with E-state index in [0.29, 0.717) is 50.3 Å². The molecule has 3 heterocycles. The molecule has 2 unspecified atom stereocenters. The van der Waals surface area contributed by atoms with Gasteiger partial charge in [0.05, 0.1) is 0 Å². The molecule has 5 rings (SSSR count). The zero-order valence-electron chi connectivity index (χ0n) is 21.3. The van der Waals surface area contributed by atoms with Gasteiger partial charge < -0.3 is 31.5 Å². The highest BCUT2D eigenvalue weighted by atomic mass is 35.5. The van der Waals surface area contributed by atoms with Crippen molar-refractivity contribution < 1.29 is 27.8 Å². The van der Waals surface area contributed by atoms with E-state index in [4.69, 9.17) is 27.8 Å². The molecule has 9 nitrogen and oxygen atoms in total. The lowest BCUT2D eigenvalue weighted by Crippen LogP contribution is -2.41. The standard InChI is InChI=1S/C27H28ClF3N6O3/c28-15-5-6-17(18(11-15)16-3-1-2-4-19(16)32)23(27(29,30)31)40-22-12-21(35-25(33)36-22)37-9-7-26(8-10-37)13-20(24(38)39)34-14-26/h1-6,11-12,20,23,34H,7-10,13-14,32H2,(H,38,39)(H2,33,35,36). The third-order valence-corrected chi connectivity index (χ3v) is 7.83. The fourth-order valence-corrected chi connectivity index (χ4v) is 5.67. The maximum atomic E-state index is 14.5. The Hall–Kier alpha value is -3.77.